The van der Waals surface area contributed by atoms with Gasteiger partial charge in [-0.1, -0.05) is 19.8 Å². The second kappa shape index (κ2) is 5.21. The van der Waals surface area contributed by atoms with Crippen LogP contribution in [-0.4, -0.2) is 0 Å². The maximum absolute atomic E-state index is 5.79. The molecule has 1 saturated carbocycles. The Bertz CT molecular complexity index is 340. The molecule has 3 nitrogen and oxygen atoms in total. The van der Waals surface area contributed by atoms with Crippen molar-refractivity contribution in [3.8, 4) is 0 Å². The Labute approximate surface area is 101 Å². The SMILES string of the molecule is CC1CCCC(C(NN)c2ccc(Cl)o2)C1. The quantitative estimate of drug-likeness (QED) is 0.632. The average molecular weight is 243 g/mol. The molecule has 4 heteroatoms. The minimum atomic E-state index is 0.0928. The lowest BCUT2D eigenvalue weighted by molar-refractivity contribution is 0.206. The van der Waals surface area contributed by atoms with E-state index in [0.29, 0.717) is 11.1 Å². The lowest BCUT2D eigenvalue weighted by atomic mass is 9.78. The summed E-state index contributed by atoms with van der Waals surface area (Å²) in [7, 11) is 0. The molecule has 1 aromatic heterocycles. The van der Waals surface area contributed by atoms with Crippen LogP contribution in [0.4, 0.5) is 0 Å². The van der Waals surface area contributed by atoms with Crippen molar-refractivity contribution in [2.24, 2.45) is 17.7 Å². The zero-order valence-corrected chi connectivity index (χ0v) is 10.3. The van der Waals surface area contributed by atoms with Gasteiger partial charge in [-0.15, -0.1) is 0 Å². The first-order valence-corrected chi connectivity index (χ1v) is 6.30. The van der Waals surface area contributed by atoms with Gasteiger partial charge in [0.1, 0.15) is 5.76 Å². The molecule has 0 aromatic carbocycles. The van der Waals surface area contributed by atoms with Crippen molar-refractivity contribution in [3.05, 3.63) is 23.1 Å². The minimum Gasteiger partial charge on any atom is -0.448 e. The molecular formula is C12H19ClN2O. The second-order valence-corrected chi connectivity index (χ2v) is 5.19. The van der Waals surface area contributed by atoms with Crippen LogP contribution in [0.5, 0.6) is 0 Å². The second-order valence-electron chi connectivity index (χ2n) is 4.82. The third-order valence-electron chi connectivity index (χ3n) is 3.53. The Morgan fingerprint density at radius 2 is 2.31 bits per heavy atom. The topological polar surface area (TPSA) is 51.2 Å². The fourth-order valence-electron chi connectivity index (χ4n) is 2.73. The number of nitrogens with one attached hydrogen (secondary N) is 1. The number of hydrogen-bond donors (Lipinski definition) is 2. The molecule has 90 valence electrons. The van der Waals surface area contributed by atoms with E-state index in [1.54, 1.807) is 6.07 Å². The number of rotatable bonds is 3. The van der Waals surface area contributed by atoms with Gasteiger partial charge in [-0.3, -0.25) is 5.84 Å². The molecule has 0 aliphatic heterocycles. The van der Waals surface area contributed by atoms with Crippen LogP contribution in [0.15, 0.2) is 16.5 Å². The Morgan fingerprint density at radius 3 is 2.88 bits per heavy atom. The zero-order valence-electron chi connectivity index (χ0n) is 9.58. The highest BCUT2D eigenvalue weighted by atomic mass is 35.5. The van der Waals surface area contributed by atoms with E-state index in [9.17, 15) is 0 Å². The van der Waals surface area contributed by atoms with Gasteiger partial charge in [0.2, 0.25) is 0 Å². The molecule has 1 aromatic rings. The van der Waals surface area contributed by atoms with E-state index in [-0.39, 0.29) is 6.04 Å². The number of furan rings is 1. The monoisotopic (exact) mass is 242 g/mol. The Kier molecular flexibility index (Phi) is 3.90. The highest BCUT2D eigenvalue weighted by molar-refractivity contribution is 6.28. The van der Waals surface area contributed by atoms with E-state index >= 15 is 0 Å². The average Bonchev–Trinajstić information content (AvgIpc) is 2.66. The van der Waals surface area contributed by atoms with Gasteiger partial charge < -0.3 is 4.42 Å². The van der Waals surface area contributed by atoms with Gasteiger partial charge in [0.15, 0.2) is 5.22 Å². The molecule has 0 amide bonds. The molecule has 0 saturated heterocycles. The molecule has 16 heavy (non-hydrogen) atoms. The highest BCUT2D eigenvalue weighted by Gasteiger charge is 2.29. The van der Waals surface area contributed by atoms with Crippen LogP contribution in [0.3, 0.4) is 0 Å². The van der Waals surface area contributed by atoms with Gasteiger partial charge in [-0.05, 0) is 48.4 Å². The standard InChI is InChI=1S/C12H19ClN2O/c1-8-3-2-4-9(7-8)12(15-14)10-5-6-11(13)16-10/h5-6,8-9,12,15H,2-4,7,14H2,1H3. The van der Waals surface area contributed by atoms with Crippen molar-refractivity contribution >= 4 is 11.6 Å². The molecule has 1 heterocycles. The summed E-state index contributed by atoms with van der Waals surface area (Å²) in [5, 5.41) is 0.430. The van der Waals surface area contributed by atoms with Gasteiger partial charge >= 0.3 is 0 Å². The molecule has 1 fully saturated rings. The van der Waals surface area contributed by atoms with Gasteiger partial charge in [-0.2, -0.15) is 0 Å². The van der Waals surface area contributed by atoms with E-state index in [1.807, 2.05) is 6.07 Å². The summed E-state index contributed by atoms with van der Waals surface area (Å²) in [5.74, 6) is 7.82. The molecule has 3 atom stereocenters. The van der Waals surface area contributed by atoms with Gasteiger partial charge in [0.25, 0.3) is 0 Å². The van der Waals surface area contributed by atoms with E-state index < -0.39 is 0 Å². The van der Waals surface area contributed by atoms with Crippen molar-refractivity contribution in [2.75, 3.05) is 0 Å². The summed E-state index contributed by atoms with van der Waals surface area (Å²) in [5.41, 5.74) is 2.87. The minimum absolute atomic E-state index is 0.0928. The number of nitrogens with two attached hydrogens (primary N) is 1. The molecule has 0 radical (unpaired) electrons. The fourth-order valence-corrected chi connectivity index (χ4v) is 2.88. The fraction of sp³-hybridized carbons (Fsp3) is 0.667. The summed E-state index contributed by atoms with van der Waals surface area (Å²) < 4.78 is 5.45. The van der Waals surface area contributed by atoms with Crippen molar-refractivity contribution in [1.29, 1.82) is 0 Å². The third kappa shape index (κ3) is 2.59. The van der Waals surface area contributed by atoms with Crippen molar-refractivity contribution in [2.45, 2.75) is 38.6 Å². The van der Waals surface area contributed by atoms with Crippen LogP contribution in [0.25, 0.3) is 0 Å². The van der Waals surface area contributed by atoms with E-state index in [1.165, 1.54) is 25.7 Å². The van der Waals surface area contributed by atoms with Crippen molar-refractivity contribution in [3.63, 3.8) is 0 Å². The molecule has 3 N–H and O–H groups in total. The summed E-state index contributed by atoms with van der Waals surface area (Å²) in [6, 6.07) is 3.77. The first-order chi connectivity index (χ1) is 7.70. The first-order valence-electron chi connectivity index (χ1n) is 5.92. The smallest absolute Gasteiger partial charge is 0.193 e. The van der Waals surface area contributed by atoms with Crippen LogP contribution in [0.1, 0.15) is 44.4 Å². The summed E-state index contributed by atoms with van der Waals surface area (Å²) in [6.45, 7) is 2.30. The lowest BCUT2D eigenvalue weighted by Crippen LogP contribution is -2.35. The highest BCUT2D eigenvalue weighted by Crippen LogP contribution is 2.37. The van der Waals surface area contributed by atoms with Crippen molar-refractivity contribution in [1.82, 2.24) is 5.43 Å². The molecule has 3 unspecified atom stereocenters. The number of hydrazine groups is 1. The molecule has 2 rings (SSSR count). The predicted octanol–water partition coefficient (Wildman–Crippen LogP) is 3.26. The molecular weight excluding hydrogens is 224 g/mol. The van der Waals surface area contributed by atoms with Crippen molar-refractivity contribution < 1.29 is 4.42 Å². The van der Waals surface area contributed by atoms with E-state index in [4.69, 9.17) is 21.9 Å². The zero-order chi connectivity index (χ0) is 11.5. The molecule has 1 aliphatic rings. The molecule has 1 aliphatic carbocycles. The third-order valence-corrected chi connectivity index (χ3v) is 3.73. The predicted molar refractivity (Wildman–Crippen MR) is 64.9 cm³/mol. The van der Waals surface area contributed by atoms with Gasteiger partial charge in [0, 0.05) is 0 Å². The van der Waals surface area contributed by atoms with Crippen LogP contribution in [0, 0.1) is 11.8 Å². The first kappa shape index (κ1) is 12.0. The maximum atomic E-state index is 5.79. The summed E-state index contributed by atoms with van der Waals surface area (Å²) in [6.07, 6.45) is 5.01. The maximum Gasteiger partial charge on any atom is 0.193 e. The summed E-state index contributed by atoms with van der Waals surface area (Å²) in [4.78, 5) is 0. The number of halogens is 1. The largest absolute Gasteiger partial charge is 0.448 e. The van der Waals surface area contributed by atoms with Gasteiger partial charge in [-0.25, -0.2) is 5.43 Å². The normalized spacial score (nSPS) is 27.9. The molecule has 0 spiro atoms. The van der Waals surface area contributed by atoms with Crippen LogP contribution in [-0.2, 0) is 0 Å². The van der Waals surface area contributed by atoms with Crippen LogP contribution in [0.2, 0.25) is 5.22 Å². The lowest BCUT2D eigenvalue weighted by Gasteiger charge is -2.31. The number of hydrogen-bond acceptors (Lipinski definition) is 3. The van der Waals surface area contributed by atoms with E-state index in [0.717, 1.165) is 11.7 Å². The Balaban J connectivity index is 2.09. The summed E-state index contributed by atoms with van der Waals surface area (Å²) >= 11 is 5.79. The molecule has 0 bridgehead atoms. The van der Waals surface area contributed by atoms with Crippen LogP contribution >= 0.6 is 11.6 Å². The van der Waals surface area contributed by atoms with E-state index in [2.05, 4.69) is 12.3 Å². The van der Waals surface area contributed by atoms with Gasteiger partial charge in [0.05, 0.1) is 6.04 Å². The Morgan fingerprint density at radius 1 is 1.50 bits per heavy atom. The van der Waals surface area contributed by atoms with Crippen LogP contribution < -0.4 is 11.3 Å². The Hall–Kier alpha value is -0.510.